The van der Waals surface area contributed by atoms with Gasteiger partial charge >= 0.3 is 0 Å². The van der Waals surface area contributed by atoms with Gasteiger partial charge in [0.05, 0.1) is 18.0 Å². The minimum absolute atomic E-state index is 0.260. The van der Waals surface area contributed by atoms with E-state index in [1.807, 2.05) is 0 Å². The number of nitrogens with two attached hydrogens (primary N) is 1. The monoisotopic (exact) mass is 195 g/mol. The van der Waals surface area contributed by atoms with Gasteiger partial charge in [-0.05, 0) is 27.7 Å². The molecule has 78 valence electrons. The molecule has 0 saturated carbocycles. The van der Waals surface area contributed by atoms with Crippen LogP contribution in [0.5, 0.6) is 0 Å². The van der Waals surface area contributed by atoms with E-state index in [-0.39, 0.29) is 5.60 Å². The van der Waals surface area contributed by atoms with Crippen LogP contribution < -0.4 is 5.73 Å². The third-order valence-corrected chi connectivity index (χ3v) is 2.67. The minimum Gasteiger partial charge on any atom is -0.369 e. The molecule has 0 unspecified atom stereocenters. The largest absolute Gasteiger partial charge is 0.369 e. The van der Waals surface area contributed by atoms with Crippen LogP contribution in [0.1, 0.15) is 45.1 Å². The summed E-state index contributed by atoms with van der Waals surface area (Å²) in [4.78, 5) is 4.32. The highest BCUT2D eigenvalue weighted by molar-refractivity contribution is 5.35. The van der Waals surface area contributed by atoms with Crippen molar-refractivity contribution in [2.24, 2.45) is 0 Å². The van der Waals surface area contributed by atoms with Gasteiger partial charge in [0.2, 0.25) is 5.95 Å². The molecule has 0 amide bonds. The van der Waals surface area contributed by atoms with E-state index in [9.17, 15) is 0 Å². The summed E-state index contributed by atoms with van der Waals surface area (Å²) >= 11 is 0. The molecule has 1 aliphatic heterocycles. The van der Waals surface area contributed by atoms with E-state index in [2.05, 4.69) is 37.2 Å². The molecule has 1 aromatic heterocycles. The molecule has 4 heteroatoms. The van der Waals surface area contributed by atoms with Crippen molar-refractivity contribution < 1.29 is 4.74 Å². The molecule has 0 atom stereocenters. The number of imidazole rings is 1. The predicted molar refractivity (Wildman–Crippen MR) is 54.8 cm³/mol. The molecule has 0 spiro atoms. The first-order valence-corrected chi connectivity index (χ1v) is 4.94. The molecule has 2 heterocycles. The summed E-state index contributed by atoms with van der Waals surface area (Å²) in [6, 6.07) is 0.326. The molecule has 1 aliphatic rings. The quantitative estimate of drug-likeness (QED) is 0.743. The molecule has 2 rings (SSSR count). The fraction of sp³-hybridized carbons (Fsp3) is 0.700. The van der Waals surface area contributed by atoms with Gasteiger partial charge in [0, 0.05) is 6.04 Å². The highest BCUT2D eigenvalue weighted by Gasteiger charge is 2.37. The van der Waals surface area contributed by atoms with Crippen molar-refractivity contribution in [3.8, 4) is 0 Å². The van der Waals surface area contributed by atoms with E-state index in [0.29, 0.717) is 18.6 Å². The van der Waals surface area contributed by atoms with Gasteiger partial charge in [-0.15, -0.1) is 0 Å². The van der Waals surface area contributed by atoms with E-state index in [4.69, 9.17) is 10.5 Å². The van der Waals surface area contributed by atoms with Crippen LogP contribution in [0.25, 0.3) is 0 Å². The Labute approximate surface area is 84.1 Å². The summed E-state index contributed by atoms with van der Waals surface area (Å²) < 4.78 is 7.72. The Balaban J connectivity index is 2.62. The van der Waals surface area contributed by atoms with Crippen LogP contribution in [0.4, 0.5) is 5.95 Å². The first kappa shape index (κ1) is 9.52. The summed E-state index contributed by atoms with van der Waals surface area (Å²) in [7, 11) is 0. The highest BCUT2D eigenvalue weighted by Crippen LogP contribution is 2.38. The lowest BCUT2D eigenvalue weighted by molar-refractivity contribution is -0.0138. The zero-order valence-corrected chi connectivity index (χ0v) is 9.16. The Hall–Kier alpha value is -1.03. The first-order valence-electron chi connectivity index (χ1n) is 4.94. The van der Waals surface area contributed by atoms with E-state index in [1.54, 1.807) is 0 Å². The van der Waals surface area contributed by atoms with Crippen LogP contribution in [-0.4, -0.2) is 9.55 Å². The molecule has 0 bridgehead atoms. The predicted octanol–water partition coefficient (Wildman–Crippen LogP) is 1.81. The lowest BCUT2D eigenvalue weighted by Crippen LogP contribution is -2.22. The summed E-state index contributed by atoms with van der Waals surface area (Å²) in [6.07, 6.45) is 0. The van der Waals surface area contributed by atoms with Crippen LogP contribution >= 0.6 is 0 Å². The van der Waals surface area contributed by atoms with Crippen molar-refractivity contribution >= 4 is 5.95 Å². The molecule has 1 aromatic rings. The Morgan fingerprint density at radius 1 is 1.50 bits per heavy atom. The molecule has 4 nitrogen and oxygen atoms in total. The van der Waals surface area contributed by atoms with E-state index < -0.39 is 0 Å². The molecule has 0 fully saturated rings. The second kappa shape index (κ2) is 2.73. The van der Waals surface area contributed by atoms with Crippen molar-refractivity contribution in [2.75, 3.05) is 5.73 Å². The van der Waals surface area contributed by atoms with Gasteiger partial charge < -0.3 is 15.0 Å². The average molecular weight is 195 g/mol. The van der Waals surface area contributed by atoms with Crippen molar-refractivity contribution in [3.05, 3.63) is 11.4 Å². The molecule has 0 aliphatic carbocycles. The third-order valence-electron chi connectivity index (χ3n) is 2.67. The van der Waals surface area contributed by atoms with Crippen molar-refractivity contribution in [1.29, 1.82) is 0 Å². The Morgan fingerprint density at radius 2 is 2.14 bits per heavy atom. The highest BCUT2D eigenvalue weighted by atomic mass is 16.5. The number of anilines is 1. The zero-order valence-electron chi connectivity index (χ0n) is 9.16. The lowest BCUT2D eigenvalue weighted by Gasteiger charge is -2.23. The molecule has 0 aromatic carbocycles. The smallest absolute Gasteiger partial charge is 0.201 e. The van der Waals surface area contributed by atoms with Gasteiger partial charge in [0.1, 0.15) is 5.60 Å². The van der Waals surface area contributed by atoms with Gasteiger partial charge in [-0.1, -0.05) is 0 Å². The van der Waals surface area contributed by atoms with Crippen molar-refractivity contribution in [1.82, 2.24) is 9.55 Å². The van der Waals surface area contributed by atoms with Gasteiger partial charge in [-0.2, -0.15) is 0 Å². The Kier molecular flexibility index (Phi) is 1.86. The number of hydrogen-bond acceptors (Lipinski definition) is 3. The van der Waals surface area contributed by atoms with E-state index in [0.717, 1.165) is 11.4 Å². The molecule has 0 saturated heterocycles. The first-order chi connectivity index (χ1) is 6.43. The number of aromatic nitrogens is 2. The molecule has 14 heavy (non-hydrogen) atoms. The maximum Gasteiger partial charge on any atom is 0.201 e. The van der Waals surface area contributed by atoms with Gasteiger partial charge in [-0.3, -0.25) is 0 Å². The summed E-state index contributed by atoms with van der Waals surface area (Å²) in [5.41, 5.74) is 7.73. The van der Waals surface area contributed by atoms with Crippen LogP contribution in [-0.2, 0) is 16.9 Å². The van der Waals surface area contributed by atoms with Crippen LogP contribution in [0, 0.1) is 0 Å². The second-order valence-electron chi connectivity index (χ2n) is 4.53. The third kappa shape index (κ3) is 1.14. The normalized spacial score (nSPS) is 18.9. The molecule has 2 N–H and O–H groups in total. The van der Waals surface area contributed by atoms with Gasteiger partial charge in [-0.25, -0.2) is 4.98 Å². The van der Waals surface area contributed by atoms with E-state index >= 15 is 0 Å². The van der Waals surface area contributed by atoms with Crippen LogP contribution in [0.3, 0.4) is 0 Å². The average Bonchev–Trinajstić information content (AvgIpc) is 2.50. The van der Waals surface area contributed by atoms with E-state index in [1.165, 1.54) is 0 Å². The molecular formula is C10H17N3O. The van der Waals surface area contributed by atoms with Crippen molar-refractivity contribution in [2.45, 2.75) is 45.9 Å². The standard InChI is InChI=1S/C10H17N3O/c1-6(2)13-8-7(12-9(13)11)5-14-10(8,3)4/h6H,5H2,1-4H3,(H2,11,12). The summed E-state index contributed by atoms with van der Waals surface area (Å²) in [5.74, 6) is 0.598. The second-order valence-corrected chi connectivity index (χ2v) is 4.53. The topological polar surface area (TPSA) is 53.1 Å². The molecule has 0 radical (unpaired) electrons. The number of hydrogen-bond donors (Lipinski definition) is 1. The van der Waals surface area contributed by atoms with Gasteiger partial charge in [0.25, 0.3) is 0 Å². The number of rotatable bonds is 1. The Bertz CT molecular complexity index is 366. The number of nitrogen functional groups attached to an aromatic ring is 1. The minimum atomic E-state index is -0.260. The SMILES string of the molecule is CC(C)n1c(N)nc2c1C(C)(C)OC2. The number of fused-ring (bicyclic) bond motifs is 1. The fourth-order valence-corrected chi connectivity index (χ4v) is 2.08. The Morgan fingerprint density at radius 3 is 2.71 bits per heavy atom. The maximum atomic E-state index is 5.87. The molecular weight excluding hydrogens is 178 g/mol. The van der Waals surface area contributed by atoms with Crippen LogP contribution in [0.2, 0.25) is 0 Å². The van der Waals surface area contributed by atoms with Gasteiger partial charge in [0.15, 0.2) is 0 Å². The fourth-order valence-electron chi connectivity index (χ4n) is 2.08. The zero-order chi connectivity index (χ0) is 10.5. The van der Waals surface area contributed by atoms with Crippen LogP contribution in [0.15, 0.2) is 0 Å². The lowest BCUT2D eigenvalue weighted by atomic mass is 10.1. The number of nitrogens with zero attached hydrogens (tertiary/aromatic N) is 2. The summed E-state index contributed by atoms with van der Waals surface area (Å²) in [5, 5.41) is 0. The maximum absolute atomic E-state index is 5.87. The van der Waals surface area contributed by atoms with Crippen molar-refractivity contribution in [3.63, 3.8) is 0 Å². The summed E-state index contributed by atoms with van der Waals surface area (Å²) in [6.45, 7) is 8.89. The number of ether oxygens (including phenoxy) is 1.